The van der Waals surface area contributed by atoms with Gasteiger partial charge in [-0.3, -0.25) is 4.79 Å². The zero-order valence-corrected chi connectivity index (χ0v) is 15.9. The molecule has 4 rings (SSSR count). The molecule has 3 aromatic rings. The van der Waals surface area contributed by atoms with E-state index in [0.717, 1.165) is 38.4 Å². The number of hydrogen-bond donors (Lipinski definition) is 1. The fourth-order valence-corrected chi connectivity index (χ4v) is 3.86. The Labute approximate surface area is 162 Å². The minimum absolute atomic E-state index is 0.135. The number of fused-ring (bicyclic) bond motifs is 1. The summed E-state index contributed by atoms with van der Waals surface area (Å²) in [6.07, 6.45) is 0.111. The Morgan fingerprint density at radius 2 is 1.78 bits per heavy atom. The Hall–Kier alpha value is -2.86. The number of ether oxygens (including phenoxy) is 1. The van der Waals surface area contributed by atoms with Crippen LogP contribution in [0, 0.1) is 13.8 Å². The molecule has 1 aliphatic rings. The lowest BCUT2D eigenvalue weighted by molar-refractivity contribution is -0.122. The minimum Gasteiger partial charge on any atom is -0.480 e. The van der Waals surface area contributed by atoms with Gasteiger partial charge in [-0.05, 0) is 67.6 Å². The number of nitrogens with one attached hydrogen (secondary N) is 1. The van der Waals surface area contributed by atoms with Crippen molar-refractivity contribution in [2.24, 2.45) is 0 Å². The standard InChI is InChI=1S/C21H19N3O2S/c1-13-11-14(2)23-21(22-13)27-17-9-7-16(8-10-17)24-20(25)19-12-15-5-3-4-6-18(15)26-19/h3-11,19H,12H2,1-2H3,(H,24,25). The van der Waals surface area contributed by atoms with Crippen LogP contribution in [0.5, 0.6) is 5.75 Å². The molecule has 5 nitrogen and oxygen atoms in total. The SMILES string of the molecule is Cc1cc(C)nc(Sc2ccc(NC(=O)C3Cc4ccccc4O3)cc2)n1. The highest BCUT2D eigenvalue weighted by Crippen LogP contribution is 2.29. The van der Waals surface area contributed by atoms with Crippen LogP contribution < -0.4 is 10.1 Å². The summed E-state index contributed by atoms with van der Waals surface area (Å²) in [5, 5.41) is 3.65. The summed E-state index contributed by atoms with van der Waals surface area (Å²) >= 11 is 1.50. The molecule has 2 aromatic carbocycles. The van der Waals surface area contributed by atoms with Gasteiger partial charge >= 0.3 is 0 Å². The highest BCUT2D eigenvalue weighted by atomic mass is 32.2. The van der Waals surface area contributed by atoms with Gasteiger partial charge in [0.15, 0.2) is 11.3 Å². The molecule has 136 valence electrons. The van der Waals surface area contributed by atoms with Crippen molar-refractivity contribution in [3.8, 4) is 5.75 Å². The first-order valence-corrected chi connectivity index (χ1v) is 9.54. The average Bonchev–Trinajstić information content (AvgIpc) is 3.07. The number of benzene rings is 2. The molecular formula is C21H19N3O2S. The molecule has 0 radical (unpaired) electrons. The van der Waals surface area contributed by atoms with Gasteiger partial charge in [0.2, 0.25) is 0 Å². The number of rotatable bonds is 4. The number of amides is 1. The van der Waals surface area contributed by atoms with Crippen LogP contribution in [-0.4, -0.2) is 22.0 Å². The molecule has 1 aliphatic heterocycles. The van der Waals surface area contributed by atoms with Gasteiger partial charge < -0.3 is 10.1 Å². The number of para-hydroxylation sites is 1. The number of hydrogen-bond acceptors (Lipinski definition) is 5. The molecule has 1 amide bonds. The van der Waals surface area contributed by atoms with Crippen molar-refractivity contribution in [1.82, 2.24) is 9.97 Å². The lowest BCUT2D eigenvalue weighted by Gasteiger charge is -2.11. The van der Waals surface area contributed by atoms with Crippen molar-refractivity contribution >= 4 is 23.4 Å². The number of anilines is 1. The van der Waals surface area contributed by atoms with E-state index < -0.39 is 6.10 Å². The van der Waals surface area contributed by atoms with Crippen LogP contribution in [0.3, 0.4) is 0 Å². The second-order valence-corrected chi connectivity index (χ2v) is 7.51. The first kappa shape index (κ1) is 17.5. The van der Waals surface area contributed by atoms with Gasteiger partial charge in [0.25, 0.3) is 5.91 Å². The Balaban J connectivity index is 1.39. The summed E-state index contributed by atoms with van der Waals surface area (Å²) < 4.78 is 5.73. The first-order valence-electron chi connectivity index (χ1n) is 8.72. The smallest absolute Gasteiger partial charge is 0.265 e. The van der Waals surface area contributed by atoms with Gasteiger partial charge in [0.1, 0.15) is 5.75 Å². The van der Waals surface area contributed by atoms with Crippen molar-refractivity contribution in [2.45, 2.75) is 36.4 Å². The molecule has 1 unspecified atom stereocenters. The van der Waals surface area contributed by atoms with Crippen molar-refractivity contribution in [2.75, 3.05) is 5.32 Å². The Kier molecular flexibility index (Phi) is 4.81. The highest BCUT2D eigenvalue weighted by Gasteiger charge is 2.28. The van der Waals surface area contributed by atoms with Crippen molar-refractivity contribution in [3.05, 3.63) is 71.5 Å². The number of aryl methyl sites for hydroxylation is 2. The minimum atomic E-state index is -0.486. The van der Waals surface area contributed by atoms with E-state index >= 15 is 0 Å². The van der Waals surface area contributed by atoms with Gasteiger partial charge in [0, 0.05) is 28.4 Å². The summed E-state index contributed by atoms with van der Waals surface area (Å²) in [5.74, 6) is 0.655. The maximum atomic E-state index is 12.5. The molecule has 1 aromatic heterocycles. The van der Waals surface area contributed by atoms with Gasteiger partial charge in [-0.1, -0.05) is 18.2 Å². The summed E-state index contributed by atoms with van der Waals surface area (Å²) in [6.45, 7) is 3.92. The summed E-state index contributed by atoms with van der Waals surface area (Å²) in [4.78, 5) is 22.4. The van der Waals surface area contributed by atoms with Crippen LogP contribution in [0.1, 0.15) is 17.0 Å². The Morgan fingerprint density at radius 1 is 1.07 bits per heavy atom. The predicted octanol–water partition coefficient (Wildman–Crippen LogP) is 4.19. The van der Waals surface area contributed by atoms with E-state index in [4.69, 9.17) is 4.74 Å². The Bertz CT molecular complexity index is 944. The number of carbonyl (C=O) groups excluding carboxylic acids is 1. The van der Waals surface area contributed by atoms with E-state index in [1.54, 1.807) is 0 Å². The first-order chi connectivity index (χ1) is 13.1. The third kappa shape index (κ3) is 4.11. The molecule has 0 saturated heterocycles. The van der Waals surface area contributed by atoms with Crippen LogP contribution in [0.4, 0.5) is 5.69 Å². The average molecular weight is 377 g/mol. The second-order valence-electron chi connectivity index (χ2n) is 6.47. The molecule has 0 bridgehead atoms. The van der Waals surface area contributed by atoms with E-state index in [2.05, 4.69) is 15.3 Å². The van der Waals surface area contributed by atoms with Crippen molar-refractivity contribution in [3.63, 3.8) is 0 Å². The second kappa shape index (κ2) is 7.40. The lowest BCUT2D eigenvalue weighted by Crippen LogP contribution is -2.31. The van der Waals surface area contributed by atoms with Crippen molar-refractivity contribution < 1.29 is 9.53 Å². The zero-order chi connectivity index (χ0) is 18.8. The molecule has 6 heteroatoms. The molecular weight excluding hydrogens is 358 g/mol. The Morgan fingerprint density at radius 3 is 2.48 bits per heavy atom. The largest absolute Gasteiger partial charge is 0.480 e. The maximum absolute atomic E-state index is 12.5. The zero-order valence-electron chi connectivity index (χ0n) is 15.1. The van der Waals surface area contributed by atoms with E-state index in [1.165, 1.54) is 11.8 Å². The van der Waals surface area contributed by atoms with Crippen LogP contribution in [0.25, 0.3) is 0 Å². The monoisotopic (exact) mass is 377 g/mol. The molecule has 1 N–H and O–H groups in total. The topological polar surface area (TPSA) is 64.1 Å². The third-order valence-electron chi connectivity index (χ3n) is 4.23. The number of carbonyl (C=O) groups is 1. The summed E-state index contributed by atoms with van der Waals surface area (Å²) in [6, 6.07) is 17.4. The van der Waals surface area contributed by atoms with Crippen molar-refractivity contribution in [1.29, 1.82) is 0 Å². The molecule has 0 saturated carbocycles. The summed E-state index contributed by atoms with van der Waals surface area (Å²) in [5.41, 5.74) is 3.71. The van der Waals surface area contributed by atoms with Gasteiger partial charge in [-0.25, -0.2) is 9.97 Å². The summed E-state index contributed by atoms with van der Waals surface area (Å²) in [7, 11) is 0. The fraction of sp³-hybridized carbons (Fsp3) is 0.190. The number of nitrogens with zero attached hydrogens (tertiary/aromatic N) is 2. The third-order valence-corrected chi connectivity index (χ3v) is 5.11. The van der Waals surface area contributed by atoms with Crippen LogP contribution in [0.2, 0.25) is 0 Å². The van der Waals surface area contributed by atoms with E-state index in [0.29, 0.717) is 6.42 Å². The quantitative estimate of drug-likeness (QED) is 0.691. The van der Waals surface area contributed by atoms with E-state index in [9.17, 15) is 4.79 Å². The molecule has 1 atom stereocenters. The molecule has 0 spiro atoms. The van der Waals surface area contributed by atoms with E-state index in [1.807, 2.05) is 68.4 Å². The number of aromatic nitrogens is 2. The normalized spacial score (nSPS) is 15.1. The molecule has 27 heavy (non-hydrogen) atoms. The van der Waals surface area contributed by atoms with Gasteiger partial charge in [-0.15, -0.1) is 0 Å². The highest BCUT2D eigenvalue weighted by molar-refractivity contribution is 7.99. The predicted molar refractivity (Wildman–Crippen MR) is 105 cm³/mol. The van der Waals surface area contributed by atoms with Crippen LogP contribution in [0.15, 0.2) is 64.6 Å². The molecule has 0 aliphatic carbocycles. The van der Waals surface area contributed by atoms with Gasteiger partial charge in [0.05, 0.1) is 0 Å². The van der Waals surface area contributed by atoms with Crippen LogP contribution in [-0.2, 0) is 11.2 Å². The maximum Gasteiger partial charge on any atom is 0.265 e. The fourth-order valence-electron chi connectivity index (χ4n) is 3.00. The molecule has 2 heterocycles. The molecule has 0 fully saturated rings. The van der Waals surface area contributed by atoms with E-state index in [-0.39, 0.29) is 5.91 Å². The van der Waals surface area contributed by atoms with Gasteiger partial charge in [-0.2, -0.15) is 0 Å². The lowest BCUT2D eigenvalue weighted by atomic mass is 10.1. The van der Waals surface area contributed by atoms with Crippen LogP contribution >= 0.6 is 11.8 Å².